The summed E-state index contributed by atoms with van der Waals surface area (Å²) in [6, 6.07) is 8.57. The van der Waals surface area contributed by atoms with Crippen LogP contribution >= 0.6 is 11.8 Å². The molecule has 0 saturated heterocycles. The van der Waals surface area contributed by atoms with Gasteiger partial charge in [0, 0.05) is 18.8 Å². The van der Waals surface area contributed by atoms with Crippen LogP contribution in [0.3, 0.4) is 0 Å². The summed E-state index contributed by atoms with van der Waals surface area (Å²) in [7, 11) is 3.09. The lowest BCUT2D eigenvalue weighted by atomic mass is 10.2. The zero-order valence-electron chi connectivity index (χ0n) is 16.3. The first-order valence-electron chi connectivity index (χ1n) is 8.97. The molecule has 1 heterocycles. The molecule has 2 aromatic rings. The second-order valence-corrected chi connectivity index (χ2v) is 6.83. The number of nitrogens with zero attached hydrogens (tertiary/aromatic N) is 1. The van der Waals surface area contributed by atoms with Crippen LogP contribution in [0.5, 0.6) is 11.5 Å². The Bertz CT molecular complexity index is 814. The smallest absolute Gasteiger partial charge is 0.254 e. The highest BCUT2D eigenvalue weighted by Crippen LogP contribution is 2.29. The number of pyridine rings is 1. The van der Waals surface area contributed by atoms with E-state index in [4.69, 9.17) is 9.47 Å². The third-order valence-corrected chi connectivity index (χ3v) is 4.86. The largest absolute Gasteiger partial charge is 0.497 e. The number of rotatable bonds is 10. The molecule has 0 atom stereocenters. The zero-order chi connectivity index (χ0) is 20.4. The minimum atomic E-state index is -0.225. The third-order valence-electron chi connectivity index (χ3n) is 3.85. The highest BCUT2D eigenvalue weighted by molar-refractivity contribution is 8.00. The summed E-state index contributed by atoms with van der Waals surface area (Å²) in [5.41, 5.74) is 1.02. The standard InChI is InChI=1S/C20H25N3O4S/c1-4-5-10-21-19(25)15-7-6-11-22-20(15)28-13-18(24)23-16-9-8-14(26-2)12-17(16)27-3/h6-9,11-12H,4-5,10,13H2,1-3H3,(H,21,25)(H,23,24). The summed E-state index contributed by atoms with van der Waals surface area (Å²) >= 11 is 1.21. The van der Waals surface area contributed by atoms with Crippen molar-refractivity contribution in [2.45, 2.75) is 24.8 Å². The molecule has 0 bridgehead atoms. The fraction of sp³-hybridized carbons (Fsp3) is 0.350. The highest BCUT2D eigenvalue weighted by atomic mass is 32.2. The minimum Gasteiger partial charge on any atom is -0.497 e. The Kier molecular flexibility index (Phi) is 8.61. The van der Waals surface area contributed by atoms with E-state index in [1.165, 1.54) is 18.9 Å². The van der Waals surface area contributed by atoms with Gasteiger partial charge in [0.2, 0.25) is 5.91 Å². The van der Waals surface area contributed by atoms with E-state index in [0.29, 0.717) is 34.3 Å². The van der Waals surface area contributed by atoms with Gasteiger partial charge in [-0.1, -0.05) is 25.1 Å². The van der Waals surface area contributed by atoms with Crippen LogP contribution in [-0.2, 0) is 4.79 Å². The zero-order valence-corrected chi connectivity index (χ0v) is 17.1. The lowest BCUT2D eigenvalue weighted by molar-refractivity contribution is -0.113. The lowest BCUT2D eigenvalue weighted by Crippen LogP contribution is -2.25. The molecule has 2 amide bonds. The first kappa shape index (κ1) is 21.6. The van der Waals surface area contributed by atoms with Gasteiger partial charge in [0.1, 0.15) is 16.5 Å². The average molecular weight is 404 g/mol. The van der Waals surface area contributed by atoms with Gasteiger partial charge in [-0.25, -0.2) is 4.98 Å². The maximum absolute atomic E-state index is 12.4. The van der Waals surface area contributed by atoms with Crippen molar-refractivity contribution >= 4 is 29.3 Å². The van der Waals surface area contributed by atoms with E-state index in [1.54, 1.807) is 43.6 Å². The summed E-state index contributed by atoms with van der Waals surface area (Å²) < 4.78 is 10.4. The quantitative estimate of drug-likeness (QED) is 0.467. The molecule has 1 aromatic carbocycles. The number of carbonyl (C=O) groups is 2. The van der Waals surface area contributed by atoms with Crippen LogP contribution in [0, 0.1) is 0 Å². The third kappa shape index (κ3) is 6.16. The molecule has 7 nitrogen and oxygen atoms in total. The second-order valence-electron chi connectivity index (χ2n) is 5.87. The van der Waals surface area contributed by atoms with Gasteiger partial charge in [-0.2, -0.15) is 0 Å². The molecule has 2 rings (SSSR count). The first-order chi connectivity index (χ1) is 13.6. The molecule has 0 aliphatic heterocycles. The molecule has 2 N–H and O–H groups in total. The predicted molar refractivity (Wildman–Crippen MR) is 110 cm³/mol. The Balaban J connectivity index is 1.99. The van der Waals surface area contributed by atoms with Crippen LogP contribution in [0.15, 0.2) is 41.6 Å². The van der Waals surface area contributed by atoms with Gasteiger partial charge in [0.05, 0.1) is 31.2 Å². The van der Waals surface area contributed by atoms with E-state index in [0.717, 1.165) is 12.8 Å². The molecule has 8 heteroatoms. The van der Waals surface area contributed by atoms with Crippen molar-refractivity contribution in [3.05, 3.63) is 42.1 Å². The summed E-state index contributed by atoms with van der Waals surface area (Å²) in [5.74, 6) is 0.849. The molecule has 150 valence electrons. The van der Waals surface area contributed by atoms with Crippen molar-refractivity contribution < 1.29 is 19.1 Å². The Morgan fingerprint density at radius 1 is 1.18 bits per heavy atom. The SMILES string of the molecule is CCCCNC(=O)c1cccnc1SCC(=O)Nc1ccc(OC)cc1OC. The van der Waals surface area contributed by atoms with Crippen LogP contribution in [0.4, 0.5) is 5.69 Å². The van der Waals surface area contributed by atoms with E-state index < -0.39 is 0 Å². The van der Waals surface area contributed by atoms with Crippen LogP contribution in [-0.4, -0.2) is 43.3 Å². The van der Waals surface area contributed by atoms with Gasteiger partial charge in [0.15, 0.2) is 0 Å². The molecule has 0 saturated carbocycles. The van der Waals surface area contributed by atoms with Gasteiger partial charge >= 0.3 is 0 Å². The molecule has 0 spiro atoms. The minimum absolute atomic E-state index is 0.113. The highest BCUT2D eigenvalue weighted by Gasteiger charge is 2.15. The molecule has 28 heavy (non-hydrogen) atoms. The second kappa shape index (κ2) is 11.2. The van der Waals surface area contributed by atoms with Crippen LogP contribution in [0.2, 0.25) is 0 Å². The van der Waals surface area contributed by atoms with Gasteiger partial charge in [-0.05, 0) is 30.7 Å². The van der Waals surface area contributed by atoms with Crippen molar-refractivity contribution in [1.29, 1.82) is 0 Å². The number of methoxy groups -OCH3 is 2. The number of unbranched alkanes of at least 4 members (excludes halogenated alkanes) is 1. The molecule has 0 unspecified atom stereocenters. The molecule has 0 fully saturated rings. The number of carbonyl (C=O) groups excluding carboxylic acids is 2. The normalized spacial score (nSPS) is 10.2. The fourth-order valence-corrected chi connectivity index (χ4v) is 3.17. The Morgan fingerprint density at radius 3 is 2.71 bits per heavy atom. The number of ether oxygens (including phenoxy) is 2. The monoisotopic (exact) mass is 403 g/mol. The molecular weight excluding hydrogens is 378 g/mol. The Labute approximate surface area is 169 Å². The van der Waals surface area contributed by atoms with Crippen molar-refractivity contribution in [1.82, 2.24) is 10.3 Å². The van der Waals surface area contributed by atoms with E-state index in [2.05, 4.69) is 22.5 Å². The fourth-order valence-electron chi connectivity index (χ4n) is 2.37. The van der Waals surface area contributed by atoms with Gasteiger partial charge < -0.3 is 20.1 Å². The number of aromatic nitrogens is 1. The van der Waals surface area contributed by atoms with Gasteiger partial charge in [-0.3, -0.25) is 9.59 Å². The number of anilines is 1. The average Bonchev–Trinajstić information content (AvgIpc) is 2.72. The molecular formula is C20H25N3O4S. The number of hydrogen-bond donors (Lipinski definition) is 2. The maximum atomic E-state index is 12.4. The Hall–Kier alpha value is -2.74. The van der Waals surface area contributed by atoms with Crippen molar-refractivity contribution in [3.63, 3.8) is 0 Å². The summed E-state index contributed by atoms with van der Waals surface area (Å²) in [4.78, 5) is 28.9. The lowest BCUT2D eigenvalue weighted by Gasteiger charge is -2.12. The van der Waals surface area contributed by atoms with Gasteiger partial charge in [0.25, 0.3) is 5.91 Å². The summed E-state index contributed by atoms with van der Waals surface area (Å²) in [6.07, 6.45) is 3.53. The molecule has 1 aromatic heterocycles. The van der Waals surface area contributed by atoms with E-state index in [-0.39, 0.29) is 17.6 Å². The van der Waals surface area contributed by atoms with E-state index in [1.807, 2.05) is 0 Å². The maximum Gasteiger partial charge on any atom is 0.254 e. The van der Waals surface area contributed by atoms with E-state index >= 15 is 0 Å². The number of hydrogen-bond acceptors (Lipinski definition) is 6. The summed E-state index contributed by atoms with van der Waals surface area (Å²) in [5, 5.41) is 6.20. The topological polar surface area (TPSA) is 89.6 Å². The number of thioether (sulfide) groups is 1. The number of nitrogens with one attached hydrogen (secondary N) is 2. The predicted octanol–water partition coefficient (Wildman–Crippen LogP) is 3.36. The van der Waals surface area contributed by atoms with E-state index in [9.17, 15) is 9.59 Å². The van der Waals surface area contributed by atoms with Crippen LogP contribution in [0.1, 0.15) is 30.1 Å². The molecule has 0 radical (unpaired) electrons. The van der Waals surface area contributed by atoms with Gasteiger partial charge in [-0.15, -0.1) is 0 Å². The molecule has 0 aliphatic rings. The van der Waals surface area contributed by atoms with Crippen molar-refractivity contribution in [2.24, 2.45) is 0 Å². The molecule has 0 aliphatic carbocycles. The van der Waals surface area contributed by atoms with Crippen molar-refractivity contribution in [3.8, 4) is 11.5 Å². The van der Waals surface area contributed by atoms with Crippen molar-refractivity contribution in [2.75, 3.05) is 31.8 Å². The summed E-state index contributed by atoms with van der Waals surface area (Å²) in [6.45, 7) is 2.68. The number of amides is 2. The van der Waals surface area contributed by atoms with Crippen LogP contribution in [0.25, 0.3) is 0 Å². The number of benzene rings is 1. The van der Waals surface area contributed by atoms with Crippen LogP contribution < -0.4 is 20.1 Å². The first-order valence-corrected chi connectivity index (χ1v) is 9.95. The Morgan fingerprint density at radius 2 is 2.00 bits per heavy atom.